The maximum Gasteiger partial charge on any atom is 0.282 e. The van der Waals surface area contributed by atoms with E-state index in [9.17, 15) is 28.8 Å². The summed E-state index contributed by atoms with van der Waals surface area (Å²) >= 11 is 6.44. The highest BCUT2D eigenvalue weighted by atomic mass is 35.5. The number of carbonyl (C=O) groups is 5. The minimum absolute atomic E-state index is 0.0334. The number of imide groups is 2. The molecule has 1 aromatic heterocycles. The van der Waals surface area contributed by atoms with Crippen LogP contribution < -0.4 is 16.2 Å². The van der Waals surface area contributed by atoms with E-state index in [4.69, 9.17) is 11.6 Å². The minimum atomic E-state index is -1.00. The van der Waals surface area contributed by atoms with Crippen LogP contribution in [0.4, 0.5) is 5.69 Å². The topological polar surface area (TPSA) is 151 Å². The van der Waals surface area contributed by atoms with Gasteiger partial charge in [0.05, 0.1) is 38.2 Å². The number of hydrogen-bond acceptors (Lipinski definition) is 8. The lowest BCUT2D eigenvalue weighted by Crippen LogP contribution is -2.54. The predicted octanol–water partition coefficient (Wildman–Crippen LogP) is 5.46. The number of carbonyl (C=O) groups excluding carboxylic acids is 5. The summed E-state index contributed by atoms with van der Waals surface area (Å²) in [6.07, 6.45) is 5.07. The quantitative estimate of drug-likeness (QED) is 0.255. The first kappa shape index (κ1) is 35.3. The molecule has 12 nitrogen and oxygen atoms in total. The molecule has 3 aromatic carbocycles. The molecular weight excluding hydrogens is 720 g/mol. The summed E-state index contributed by atoms with van der Waals surface area (Å²) in [7, 11) is 0. The molecule has 13 heteroatoms. The van der Waals surface area contributed by atoms with E-state index in [0.717, 1.165) is 60.2 Å². The molecule has 4 aromatic rings. The molecule has 0 bridgehead atoms. The maximum atomic E-state index is 13.7. The number of rotatable bonds is 5. The summed E-state index contributed by atoms with van der Waals surface area (Å²) in [4.78, 5) is 84.7. The van der Waals surface area contributed by atoms with E-state index < -0.39 is 35.1 Å². The first-order valence-electron chi connectivity index (χ1n) is 19.2. The molecule has 4 aliphatic heterocycles. The van der Waals surface area contributed by atoms with Crippen molar-refractivity contribution in [2.45, 2.75) is 88.6 Å². The third-order valence-electron chi connectivity index (χ3n) is 12.5. The SMILES string of the molecule is CC1(C)c2cc(C3CCN(C(=O)C4CCC(Nc5ccc6c(c5)C(=O)N(C5CCC(=O)NC5=O)C6=O)CC4)CC3)ccc2-n2c1nc(=O)c1c(Cl)cccc12. The lowest BCUT2D eigenvalue weighted by Gasteiger charge is -2.37. The Balaban J connectivity index is 0.808. The first-order valence-corrected chi connectivity index (χ1v) is 19.6. The van der Waals surface area contributed by atoms with Gasteiger partial charge in [0.15, 0.2) is 0 Å². The standard InChI is InChI=1S/C42H41ClN6O6/c1-42(2)29-20-24(8-13-31(29)48-32-5-3-4-30(43)35(32)37(52)46-41(42)48)22-16-18-47(19-17-22)38(53)23-6-9-25(10-7-23)44-26-11-12-27-28(21-26)40(55)49(39(27)54)33-14-15-34(50)45-36(33)51/h3-5,8,11-13,20-23,25,33,44H,6-7,9-10,14-19H2,1-2H3,(H,45,50,51). The summed E-state index contributed by atoms with van der Waals surface area (Å²) in [5, 5.41) is 6.56. The van der Waals surface area contributed by atoms with E-state index in [1.54, 1.807) is 24.3 Å². The van der Waals surface area contributed by atoms with E-state index in [2.05, 4.69) is 52.2 Å². The van der Waals surface area contributed by atoms with Gasteiger partial charge in [-0.05, 0) is 112 Å². The van der Waals surface area contributed by atoms with Crippen LogP contribution in [0.15, 0.2) is 59.4 Å². The normalized spacial score (nSPS) is 23.4. The van der Waals surface area contributed by atoms with Crippen molar-refractivity contribution in [3.8, 4) is 5.69 Å². The number of amides is 5. The predicted molar refractivity (Wildman–Crippen MR) is 206 cm³/mol. The van der Waals surface area contributed by atoms with Crippen molar-refractivity contribution in [1.29, 1.82) is 0 Å². The number of benzene rings is 3. The third-order valence-corrected chi connectivity index (χ3v) is 12.8. The Labute approximate surface area is 322 Å². The minimum Gasteiger partial charge on any atom is -0.382 e. The van der Waals surface area contributed by atoms with Crippen molar-refractivity contribution >= 4 is 57.7 Å². The van der Waals surface area contributed by atoms with Crippen LogP contribution in [-0.2, 0) is 19.8 Å². The van der Waals surface area contributed by atoms with Crippen LogP contribution in [0.2, 0.25) is 5.02 Å². The number of piperidine rings is 2. The van der Waals surface area contributed by atoms with Crippen molar-refractivity contribution < 1.29 is 24.0 Å². The molecule has 55 heavy (non-hydrogen) atoms. The largest absolute Gasteiger partial charge is 0.382 e. The van der Waals surface area contributed by atoms with Crippen LogP contribution in [-0.4, -0.2) is 74.1 Å². The maximum absolute atomic E-state index is 13.7. The van der Waals surface area contributed by atoms with Crippen LogP contribution in [0.25, 0.3) is 16.6 Å². The summed E-state index contributed by atoms with van der Waals surface area (Å²) < 4.78 is 2.07. The number of likely N-dealkylation sites (tertiary alicyclic amines) is 1. The number of nitrogens with zero attached hydrogens (tertiary/aromatic N) is 4. The van der Waals surface area contributed by atoms with Gasteiger partial charge in [0, 0.05) is 37.2 Å². The zero-order valence-corrected chi connectivity index (χ0v) is 31.4. The molecule has 9 rings (SSSR count). The molecule has 1 atom stereocenters. The van der Waals surface area contributed by atoms with Crippen molar-refractivity contribution in [3.63, 3.8) is 0 Å². The Morgan fingerprint density at radius 2 is 1.62 bits per heavy atom. The smallest absolute Gasteiger partial charge is 0.282 e. The van der Waals surface area contributed by atoms with Crippen LogP contribution >= 0.6 is 11.6 Å². The summed E-state index contributed by atoms with van der Waals surface area (Å²) in [5.74, 6) is -0.879. The molecule has 282 valence electrons. The monoisotopic (exact) mass is 760 g/mol. The molecule has 1 aliphatic carbocycles. The molecule has 1 saturated carbocycles. The fourth-order valence-electron chi connectivity index (χ4n) is 9.49. The molecule has 5 aliphatic rings. The van der Waals surface area contributed by atoms with Crippen LogP contribution in [0.1, 0.15) is 109 Å². The Kier molecular flexibility index (Phi) is 8.45. The van der Waals surface area contributed by atoms with E-state index in [0.29, 0.717) is 40.9 Å². The van der Waals surface area contributed by atoms with Gasteiger partial charge in [0.2, 0.25) is 17.7 Å². The number of halogens is 1. The second kappa shape index (κ2) is 13.1. The van der Waals surface area contributed by atoms with E-state index in [-0.39, 0.29) is 47.4 Å². The summed E-state index contributed by atoms with van der Waals surface area (Å²) in [6, 6.07) is 16.3. The number of aromatic nitrogens is 2. The fourth-order valence-corrected chi connectivity index (χ4v) is 9.74. The van der Waals surface area contributed by atoms with Gasteiger partial charge < -0.3 is 10.2 Å². The van der Waals surface area contributed by atoms with Crippen LogP contribution in [0.5, 0.6) is 0 Å². The van der Waals surface area contributed by atoms with Crippen molar-refractivity contribution in [2.24, 2.45) is 5.92 Å². The molecule has 0 spiro atoms. The average Bonchev–Trinajstić information content (AvgIpc) is 3.55. The van der Waals surface area contributed by atoms with Gasteiger partial charge in [0.25, 0.3) is 17.4 Å². The van der Waals surface area contributed by atoms with Crippen molar-refractivity contribution in [2.75, 3.05) is 18.4 Å². The molecule has 5 amide bonds. The van der Waals surface area contributed by atoms with Gasteiger partial charge in [0.1, 0.15) is 11.9 Å². The zero-order chi connectivity index (χ0) is 38.3. The van der Waals surface area contributed by atoms with Gasteiger partial charge in [-0.2, -0.15) is 4.98 Å². The average molecular weight is 761 g/mol. The molecule has 2 saturated heterocycles. The number of anilines is 1. The Morgan fingerprint density at radius 1 is 0.873 bits per heavy atom. The fraction of sp³-hybridized carbons (Fsp3) is 0.405. The lowest BCUT2D eigenvalue weighted by atomic mass is 9.81. The Hall–Kier alpha value is -5.36. The molecular formula is C42H41ClN6O6. The van der Waals surface area contributed by atoms with Gasteiger partial charge in [-0.15, -0.1) is 0 Å². The first-order chi connectivity index (χ1) is 26.4. The molecule has 5 heterocycles. The van der Waals surface area contributed by atoms with Crippen molar-refractivity contribution in [3.05, 3.63) is 98.1 Å². The van der Waals surface area contributed by atoms with E-state index >= 15 is 0 Å². The highest BCUT2D eigenvalue weighted by molar-refractivity contribution is 6.35. The zero-order valence-electron chi connectivity index (χ0n) is 30.7. The van der Waals surface area contributed by atoms with Crippen molar-refractivity contribution in [1.82, 2.24) is 24.7 Å². The van der Waals surface area contributed by atoms with Crippen LogP contribution in [0.3, 0.4) is 0 Å². The number of fused-ring (bicyclic) bond motifs is 6. The summed E-state index contributed by atoms with van der Waals surface area (Å²) in [5.41, 5.74) is 4.56. The Morgan fingerprint density at radius 3 is 2.36 bits per heavy atom. The Bertz CT molecular complexity index is 2410. The third kappa shape index (κ3) is 5.75. The van der Waals surface area contributed by atoms with Gasteiger partial charge in [-0.1, -0.05) is 29.8 Å². The highest BCUT2D eigenvalue weighted by Crippen LogP contribution is 2.45. The summed E-state index contributed by atoms with van der Waals surface area (Å²) in [6.45, 7) is 5.63. The lowest BCUT2D eigenvalue weighted by molar-refractivity contribution is -0.138. The number of hydrogen-bond donors (Lipinski definition) is 2. The van der Waals surface area contributed by atoms with E-state index in [1.165, 1.54) is 5.56 Å². The second-order valence-electron chi connectivity index (χ2n) is 16.1. The molecule has 2 N–H and O–H groups in total. The van der Waals surface area contributed by atoms with Crippen LogP contribution in [0, 0.1) is 5.92 Å². The highest BCUT2D eigenvalue weighted by Gasteiger charge is 2.45. The molecule has 1 unspecified atom stereocenters. The number of nitrogens with one attached hydrogen (secondary N) is 2. The second-order valence-corrected chi connectivity index (χ2v) is 16.5. The van der Waals surface area contributed by atoms with Gasteiger partial charge in [-0.25, -0.2) is 0 Å². The molecule has 3 fully saturated rings. The van der Waals surface area contributed by atoms with E-state index in [1.807, 2.05) is 17.0 Å². The van der Waals surface area contributed by atoms with Gasteiger partial charge >= 0.3 is 0 Å². The molecule has 0 radical (unpaired) electrons. The van der Waals surface area contributed by atoms with Gasteiger partial charge in [-0.3, -0.25) is 43.6 Å².